The first-order valence-corrected chi connectivity index (χ1v) is 8.87. The molecule has 1 unspecified atom stereocenters. The first-order chi connectivity index (χ1) is 11.6. The third-order valence-corrected chi connectivity index (χ3v) is 5.49. The fourth-order valence-corrected chi connectivity index (χ4v) is 3.92. The number of aromatic nitrogens is 1. The van der Waals surface area contributed by atoms with Crippen LogP contribution in [0.25, 0.3) is 0 Å². The number of nitrogens with zero attached hydrogens (tertiary/aromatic N) is 2. The highest BCUT2D eigenvalue weighted by atomic mass is 79.9. The molecule has 0 bridgehead atoms. The Balaban J connectivity index is 2.03. The number of anilines is 2. The molecule has 1 aromatic carbocycles. The van der Waals surface area contributed by atoms with E-state index in [0.29, 0.717) is 16.1 Å². The zero-order valence-electron chi connectivity index (χ0n) is 12.7. The van der Waals surface area contributed by atoms with E-state index in [-0.39, 0.29) is 35.1 Å². The molecule has 1 aliphatic heterocycles. The molecule has 0 radical (unpaired) electrons. The van der Waals surface area contributed by atoms with E-state index in [1.54, 1.807) is 17.0 Å². The van der Waals surface area contributed by atoms with E-state index in [1.165, 1.54) is 18.2 Å². The van der Waals surface area contributed by atoms with E-state index < -0.39 is 11.6 Å². The van der Waals surface area contributed by atoms with Gasteiger partial charge in [-0.2, -0.15) is 13.2 Å². The van der Waals surface area contributed by atoms with E-state index in [9.17, 15) is 13.2 Å². The number of rotatable bonds is 2. The minimum atomic E-state index is -4.46. The molecule has 1 atom stereocenters. The Morgan fingerprint density at radius 1 is 1.16 bits per heavy atom. The Labute approximate surface area is 161 Å². The van der Waals surface area contributed by atoms with Crippen LogP contribution in [0.2, 0.25) is 10.0 Å². The fourth-order valence-electron chi connectivity index (χ4n) is 3.08. The van der Waals surface area contributed by atoms with Crippen LogP contribution in [0.3, 0.4) is 0 Å². The Kier molecular flexibility index (Phi) is 4.85. The monoisotopic (exact) mass is 453 g/mol. The van der Waals surface area contributed by atoms with E-state index in [2.05, 4.69) is 20.9 Å². The second-order valence-corrected chi connectivity index (χ2v) is 7.58. The number of nitrogens with two attached hydrogens (primary N) is 1. The van der Waals surface area contributed by atoms with Crippen LogP contribution in [0.5, 0.6) is 0 Å². The molecule has 2 aromatic rings. The SMILES string of the molecule is Nc1ccc(N2CCC(c3cc(Cl)cc(Cl)c3)(C(F)(F)F)C2)nc1Br. The molecule has 3 rings (SSSR count). The number of hydrogen-bond donors (Lipinski definition) is 1. The molecule has 1 aromatic heterocycles. The number of benzene rings is 1. The van der Waals surface area contributed by atoms with Crippen LogP contribution in [0, 0.1) is 0 Å². The molecule has 0 aliphatic carbocycles. The molecule has 1 saturated heterocycles. The summed E-state index contributed by atoms with van der Waals surface area (Å²) in [5, 5.41) is 0.357. The maximum absolute atomic E-state index is 14.0. The molecule has 2 heterocycles. The van der Waals surface area contributed by atoms with Gasteiger partial charge in [0, 0.05) is 23.1 Å². The topological polar surface area (TPSA) is 42.1 Å². The van der Waals surface area contributed by atoms with Crippen molar-refractivity contribution in [3.05, 3.63) is 50.5 Å². The molecule has 0 saturated carbocycles. The van der Waals surface area contributed by atoms with Gasteiger partial charge in [-0.25, -0.2) is 4.98 Å². The van der Waals surface area contributed by atoms with Gasteiger partial charge in [-0.15, -0.1) is 0 Å². The number of nitrogen functional groups attached to an aromatic ring is 1. The minimum Gasteiger partial charge on any atom is -0.397 e. The summed E-state index contributed by atoms with van der Waals surface area (Å²) >= 11 is 15.1. The van der Waals surface area contributed by atoms with Gasteiger partial charge in [0.2, 0.25) is 0 Å². The summed E-state index contributed by atoms with van der Waals surface area (Å²) in [4.78, 5) is 5.82. The van der Waals surface area contributed by atoms with E-state index in [4.69, 9.17) is 28.9 Å². The van der Waals surface area contributed by atoms with Crippen LogP contribution in [0.4, 0.5) is 24.7 Å². The molecular weight excluding hydrogens is 442 g/mol. The van der Waals surface area contributed by atoms with E-state index in [0.717, 1.165) is 0 Å². The van der Waals surface area contributed by atoms with Crippen LogP contribution >= 0.6 is 39.1 Å². The Morgan fingerprint density at radius 2 is 1.80 bits per heavy atom. The molecule has 2 N–H and O–H groups in total. The predicted octanol–water partition coefficient (Wildman–Crippen LogP) is 5.44. The molecule has 0 amide bonds. The maximum atomic E-state index is 14.0. The second kappa shape index (κ2) is 6.52. The van der Waals surface area contributed by atoms with Crippen molar-refractivity contribution in [1.82, 2.24) is 4.98 Å². The quantitative estimate of drug-likeness (QED) is 0.614. The molecule has 3 nitrogen and oxygen atoms in total. The van der Waals surface area contributed by atoms with Crippen LogP contribution in [-0.4, -0.2) is 24.2 Å². The molecule has 1 aliphatic rings. The van der Waals surface area contributed by atoms with Gasteiger partial charge in [0.05, 0.1) is 5.69 Å². The smallest absolute Gasteiger partial charge is 0.397 e. The van der Waals surface area contributed by atoms with Crippen molar-refractivity contribution in [2.24, 2.45) is 0 Å². The molecule has 25 heavy (non-hydrogen) atoms. The van der Waals surface area contributed by atoms with E-state index >= 15 is 0 Å². The summed E-state index contributed by atoms with van der Waals surface area (Å²) in [5.41, 5.74) is 4.13. The van der Waals surface area contributed by atoms with Crippen molar-refractivity contribution in [2.75, 3.05) is 23.7 Å². The lowest BCUT2D eigenvalue weighted by atomic mass is 9.79. The van der Waals surface area contributed by atoms with Gasteiger partial charge in [0.25, 0.3) is 0 Å². The summed E-state index contributed by atoms with van der Waals surface area (Å²) in [6, 6.07) is 7.29. The average Bonchev–Trinajstić information content (AvgIpc) is 2.95. The van der Waals surface area contributed by atoms with Gasteiger partial charge in [-0.05, 0) is 58.2 Å². The highest BCUT2D eigenvalue weighted by Gasteiger charge is 2.59. The summed E-state index contributed by atoms with van der Waals surface area (Å²) in [6.07, 6.45) is -4.57. The Hall–Kier alpha value is -1.18. The lowest BCUT2D eigenvalue weighted by Gasteiger charge is -2.32. The maximum Gasteiger partial charge on any atom is 0.400 e. The van der Waals surface area contributed by atoms with Gasteiger partial charge in [-0.1, -0.05) is 23.2 Å². The third kappa shape index (κ3) is 3.41. The predicted molar refractivity (Wildman–Crippen MR) is 97.4 cm³/mol. The highest BCUT2D eigenvalue weighted by Crippen LogP contribution is 2.49. The van der Waals surface area contributed by atoms with E-state index in [1.807, 2.05) is 0 Å². The third-order valence-electron chi connectivity index (χ3n) is 4.41. The zero-order valence-corrected chi connectivity index (χ0v) is 15.8. The molecular formula is C16H13BrCl2F3N3. The number of alkyl halides is 3. The standard InChI is InChI=1S/C16H13BrCl2F3N3/c17-14-12(23)1-2-13(24-14)25-4-3-15(8-25,16(20,21)22)9-5-10(18)7-11(19)6-9/h1-2,5-7H,3-4,8,23H2. The lowest BCUT2D eigenvalue weighted by Crippen LogP contribution is -2.45. The van der Waals surface area contributed by atoms with Crippen LogP contribution in [0.15, 0.2) is 34.9 Å². The summed E-state index contributed by atoms with van der Waals surface area (Å²) in [7, 11) is 0. The van der Waals surface area contributed by atoms with Crippen molar-refractivity contribution in [2.45, 2.75) is 18.0 Å². The minimum absolute atomic E-state index is 0.0644. The van der Waals surface area contributed by atoms with Gasteiger partial charge in [-0.3, -0.25) is 0 Å². The highest BCUT2D eigenvalue weighted by molar-refractivity contribution is 9.10. The lowest BCUT2D eigenvalue weighted by molar-refractivity contribution is -0.184. The average molecular weight is 455 g/mol. The molecule has 134 valence electrons. The first-order valence-electron chi connectivity index (χ1n) is 7.33. The largest absolute Gasteiger partial charge is 0.400 e. The van der Waals surface area contributed by atoms with Crippen molar-refractivity contribution < 1.29 is 13.2 Å². The fraction of sp³-hybridized carbons (Fsp3) is 0.312. The van der Waals surface area contributed by atoms with Gasteiger partial charge >= 0.3 is 6.18 Å². The number of pyridine rings is 1. The van der Waals surface area contributed by atoms with Crippen LogP contribution < -0.4 is 10.6 Å². The van der Waals surface area contributed by atoms with Gasteiger partial charge in [0.1, 0.15) is 15.8 Å². The van der Waals surface area contributed by atoms with Crippen molar-refractivity contribution >= 4 is 50.6 Å². The molecule has 9 heteroatoms. The number of halogens is 6. The molecule has 0 spiro atoms. The normalized spacial score (nSPS) is 21.0. The Morgan fingerprint density at radius 3 is 2.36 bits per heavy atom. The van der Waals surface area contributed by atoms with Crippen molar-refractivity contribution in [3.8, 4) is 0 Å². The first kappa shape index (κ1) is 18.6. The summed E-state index contributed by atoms with van der Waals surface area (Å²) < 4.78 is 42.5. The molecule has 1 fully saturated rings. The summed E-state index contributed by atoms with van der Waals surface area (Å²) in [5.74, 6) is 0.431. The second-order valence-electron chi connectivity index (χ2n) is 5.96. The Bertz CT molecular complexity index is 795. The van der Waals surface area contributed by atoms with Crippen LogP contribution in [0.1, 0.15) is 12.0 Å². The zero-order chi connectivity index (χ0) is 18.4. The summed E-state index contributed by atoms with van der Waals surface area (Å²) in [6.45, 7) is -0.0659. The van der Waals surface area contributed by atoms with Crippen LogP contribution in [-0.2, 0) is 5.41 Å². The van der Waals surface area contributed by atoms with Crippen molar-refractivity contribution in [3.63, 3.8) is 0 Å². The number of hydrogen-bond acceptors (Lipinski definition) is 3. The van der Waals surface area contributed by atoms with Crippen molar-refractivity contribution in [1.29, 1.82) is 0 Å². The van der Waals surface area contributed by atoms with Gasteiger partial charge < -0.3 is 10.6 Å². The van der Waals surface area contributed by atoms with Gasteiger partial charge in [0.15, 0.2) is 0 Å².